The molecule has 0 radical (unpaired) electrons. The summed E-state index contributed by atoms with van der Waals surface area (Å²) >= 11 is 1.71. The second-order valence-corrected chi connectivity index (χ2v) is 3.33. The van der Waals surface area contributed by atoms with Gasteiger partial charge in [-0.15, -0.1) is 11.3 Å². The van der Waals surface area contributed by atoms with Gasteiger partial charge in [-0.1, -0.05) is 0 Å². The maximum Gasteiger partial charge on any atom is 0.0794 e. The van der Waals surface area contributed by atoms with E-state index in [-0.39, 0.29) is 0 Å². The maximum absolute atomic E-state index is 5.64. The quantitative estimate of drug-likeness (QED) is 0.631. The second-order valence-electron chi connectivity index (χ2n) is 2.41. The standard InChI is InChI=1S/C6H8N2S/c7-5-1-4(5)6-2-8-3-9-6/h2-5H,1,7H2. The lowest BCUT2D eigenvalue weighted by Gasteiger charge is -1.84. The highest BCUT2D eigenvalue weighted by Crippen LogP contribution is 2.40. The fraction of sp³-hybridized carbons (Fsp3) is 0.500. The summed E-state index contributed by atoms with van der Waals surface area (Å²) in [5, 5.41) is 0. The molecular weight excluding hydrogens is 132 g/mol. The van der Waals surface area contributed by atoms with E-state index in [2.05, 4.69) is 4.98 Å². The summed E-state index contributed by atoms with van der Waals surface area (Å²) in [5.41, 5.74) is 7.50. The topological polar surface area (TPSA) is 38.9 Å². The van der Waals surface area contributed by atoms with Gasteiger partial charge < -0.3 is 5.73 Å². The number of hydrogen-bond donors (Lipinski definition) is 1. The normalized spacial score (nSPS) is 32.6. The van der Waals surface area contributed by atoms with Gasteiger partial charge in [0.2, 0.25) is 0 Å². The molecule has 2 rings (SSSR count). The lowest BCUT2D eigenvalue weighted by Crippen LogP contribution is -1.99. The summed E-state index contributed by atoms with van der Waals surface area (Å²) in [4.78, 5) is 5.33. The molecule has 0 amide bonds. The Hall–Kier alpha value is -0.410. The number of hydrogen-bond acceptors (Lipinski definition) is 3. The van der Waals surface area contributed by atoms with Crippen LogP contribution in [0.5, 0.6) is 0 Å². The van der Waals surface area contributed by atoms with Gasteiger partial charge in [-0.05, 0) is 6.42 Å². The second kappa shape index (κ2) is 1.78. The van der Waals surface area contributed by atoms with Crippen molar-refractivity contribution in [3.63, 3.8) is 0 Å². The Morgan fingerprint density at radius 3 is 3.00 bits per heavy atom. The summed E-state index contributed by atoms with van der Waals surface area (Å²) in [6.07, 6.45) is 3.07. The van der Waals surface area contributed by atoms with Crippen LogP contribution in [0.1, 0.15) is 17.2 Å². The molecule has 1 saturated carbocycles. The average Bonchev–Trinajstić information content (AvgIpc) is 2.44. The van der Waals surface area contributed by atoms with Crippen LogP contribution in [0.3, 0.4) is 0 Å². The third-order valence-electron chi connectivity index (χ3n) is 1.66. The van der Waals surface area contributed by atoms with Crippen molar-refractivity contribution in [1.82, 2.24) is 4.98 Å². The van der Waals surface area contributed by atoms with Crippen LogP contribution in [-0.2, 0) is 0 Å². The van der Waals surface area contributed by atoms with Crippen LogP contribution in [0.4, 0.5) is 0 Å². The van der Waals surface area contributed by atoms with Crippen LogP contribution in [-0.4, -0.2) is 11.0 Å². The van der Waals surface area contributed by atoms with Crippen LogP contribution in [0.2, 0.25) is 0 Å². The molecule has 1 heterocycles. The lowest BCUT2D eigenvalue weighted by atomic mass is 10.4. The summed E-state index contributed by atoms with van der Waals surface area (Å²) in [6.45, 7) is 0. The molecule has 48 valence electrons. The predicted molar refractivity (Wildman–Crippen MR) is 37.4 cm³/mol. The number of nitrogens with zero attached hydrogens (tertiary/aromatic N) is 1. The molecule has 1 aliphatic carbocycles. The fourth-order valence-corrected chi connectivity index (χ4v) is 1.76. The maximum atomic E-state index is 5.64. The first-order chi connectivity index (χ1) is 4.38. The molecule has 1 aromatic heterocycles. The zero-order valence-corrected chi connectivity index (χ0v) is 5.77. The number of thiazole rings is 1. The summed E-state index contributed by atoms with van der Waals surface area (Å²) in [6, 6.07) is 0.422. The van der Waals surface area contributed by atoms with E-state index in [0.29, 0.717) is 12.0 Å². The highest BCUT2D eigenvalue weighted by Gasteiger charge is 2.35. The highest BCUT2D eigenvalue weighted by atomic mass is 32.1. The van der Waals surface area contributed by atoms with E-state index in [9.17, 15) is 0 Å². The number of rotatable bonds is 1. The van der Waals surface area contributed by atoms with Crippen LogP contribution in [0.25, 0.3) is 0 Å². The largest absolute Gasteiger partial charge is 0.327 e. The van der Waals surface area contributed by atoms with E-state index in [1.165, 1.54) is 4.88 Å². The van der Waals surface area contributed by atoms with Crippen molar-refractivity contribution in [2.75, 3.05) is 0 Å². The van der Waals surface area contributed by atoms with Crippen molar-refractivity contribution >= 4 is 11.3 Å². The molecule has 2 atom stereocenters. The Bertz CT molecular complexity index is 195. The summed E-state index contributed by atoms with van der Waals surface area (Å²) < 4.78 is 0. The van der Waals surface area contributed by atoms with Gasteiger partial charge in [-0.2, -0.15) is 0 Å². The Labute approximate surface area is 57.7 Å². The van der Waals surface area contributed by atoms with Gasteiger partial charge in [0.25, 0.3) is 0 Å². The lowest BCUT2D eigenvalue weighted by molar-refractivity contribution is 1.00. The average molecular weight is 140 g/mol. The van der Waals surface area contributed by atoms with Crippen molar-refractivity contribution in [1.29, 1.82) is 0 Å². The molecule has 0 bridgehead atoms. The molecule has 9 heavy (non-hydrogen) atoms. The van der Waals surface area contributed by atoms with Gasteiger partial charge in [0.05, 0.1) is 5.51 Å². The smallest absolute Gasteiger partial charge is 0.0794 e. The SMILES string of the molecule is NC1CC1c1cncs1. The molecule has 0 aromatic carbocycles. The van der Waals surface area contributed by atoms with E-state index < -0.39 is 0 Å². The Kier molecular flexibility index (Phi) is 1.07. The fourth-order valence-electron chi connectivity index (χ4n) is 0.951. The molecule has 2 N–H and O–H groups in total. The first-order valence-electron chi connectivity index (χ1n) is 3.02. The number of nitrogens with two attached hydrogens (primary N) is 1. The van der Waals surface area contributed by atoms with Gasteiger partial charge in [-0.25, -0.2) is 0 Å². The van der Waals surface area contributed by atoms with Gasteiger partial charge in [0, 0.05) is 23.0 Å². The highest BCUT2D eigenvalue weighted by molar-refractivity contribution is 7.09. The van der Waals surface area contributed by atoms with Crippen molar-refractivity contribution in [3.05, 3.63) is 16.6 Å². The van der Waals surface area contributed by atoms with Crippen LogP contribution in [0.15, 0.2) is 11.7 Å². The third-order valence-corrected chi connectivity index (χ3v) is 2.56. The minimum absolute atomic E-state index is 0.422. The molecule has 3 heteroatoms. The summed E-state index contributed by atoms with van der Waals surface area (Å²) in [5.74, 6) is 0.637. The first kappa shape index (κ1) is 5.38. The van der Waals surface area contributed by atoms with Crippen molar-refractivity contribution in [2.24, 2.45) is 5.73 Å². The van der Waals surface area contributed by atoms with Crippen molar-refractivity contribution < 1.29 is 0 Å². The monoisotopic (exact) mass is 140 g/mol. The molecule has 0 aliphatic heterocycles. The van der Waals surface area contributed by atoms with Gasteiger partial charge >= 0.3 is 0 Å². The first-order valence-corrected chi connectivity index (χ1v) is 3.90. The zero-order valence-electron chi connectivity index (χ0n) is 4.95. The molecule has 0 saturated heterocycles. The third kappa shape index (κ3) is 0.862. The minimum atomic E-state index is 0.422. The van der Waals surface area contributed by atoms with Crippen molar-refractivity contribution in [2.45, 2.75) is 18.4 Å². The van der Waals surface area contributed by atoms with E-state index in [4.69, 9.17) is 5.73 Å². The molecule has 0 spiro atoms. The number of aromatic nitrogens is 1. The van der Waals surface area contributed by atoms with E-state index in [0.717, 1.165) is 6.42 Å². The molecule has 2 unspecified atom stereocenters. The molecule has 1 fully saturated rings. The molecule has 1 aromatic rings. The van der Waals surface area contributed by atoms with Crippen LogP contribution in [0, 0.1) is 0 Å². The Balaban J connectivity index is 2.18. The van der Waals surface area contributed by atoms with E-state index in [1.54, 1.807) is 11.3 Å². The van der Waals surface area contributed by atoms with Crippen LogP contribution < -0.4 is 5.73 Å². The Morgan fingerprint density at radius 2 is 2.56 bits per heavy atom. The van der Waals surface area contributed by atoms with Crippen molar-refractivity contribution in [3.8, 4) is 0 Å². The van der Waals surface area contributed by atoms with E-state index in [1.807, 2.05) is 11.7 Å². The Morgan fingerprint density at radius 1 is 1.78 bits per heavy atom. The van der Waals surface area contributed by atoms with Gasteiger partial charge in [0.1, 0.15) is 0 Å². The van der Waals surface area contributed by atoms with Gasteiger partial charge in [-0.3, -0.25) is 4.98 Å². The molecule has 1 aliphatic rings. The molecular formula is C6H8N2S. The summed E-state index contributed by atoms with van der Waals surface area (Å²) in [7, 11) is 0. The predicted octanol–water partition coefficient (Wildman–Crippen LogP) is 0.958. The van der Waals surface area contributed by atoms with Gasteiger partial charge in [0.15, 0.2) is 0 Å². The molecule has 2 nitrogen and oxygen atoms in total. The van der Waals surface area contributed by atoms with E-state index >= 15 is 0 Å². The van der Waals surface area contributed by atoms with Crippen LogP contribution >= 0.6 is 11.3 Å². The minimum Gasteiger partial charge on any atom is -0.327 e. The zero-order chi connectivity index (χ0) is 6.27.